The predicted octanol–water partition coefficient (Wildman–Crippen LogP) is -0.532. The summed E-state index contributed by atoms with van der Waals surface area (Å²) in [6.07, 6.45) is 0. The maximum absolute atomic E-state index is 11.1. The van der Waals surface area contributed by atoms with Crippen LogP contribution >= 0.6 is 0 Å². The molecule has 0 aliphatic rings. The van der Waals surface area contributed by atoms with Crippen LogP contribution in [0.2, 0.25) is 0 Å². The van der Waals surface area contributed by atoms with Gasteiger partial charge in [0.15, 0.2) is 5.52 Å². The summed E-state index contributed by atoms with van der Waals surface area (Å²) in [5.74, 6) is 0. The smallest absolute Gasteiger partial charge is 0.204 e. The first kappa shape index (κ1) is 6.35. The van der Waals surface area contributed by atoms with E-state index < -0.39 is 0 Å². The lowest BCUT2D eigenvalue weighted by molar-refractivity contribution is -0.644. The highest BCUT2D eigenvalue weighted by Crippen LogP contribution is 2.13. The zero-order chi connectivity index (χ0) is 8.84. The lowest BCUT2D eigenvalue weighted by atomic mass is 10.3. The summed E-state index contributed by atoms with van der Waals surface area (Å²) < 4.78 is 0. The van der Waals surface area contributed by atoms with Crippen molar-refractivity contribution in [2.75, 3.05) is 0 Å². The van der Waals surface area contributed by atoms with Gasteiger partial charge in [-0.05, 0) is 0 Å². The van der Waals surface area contributed by atoms with Gasteiger partial charge in [0.1, 0.15) is 5.52 Å². The van der Waals surface area contributed by atoms with Crippen LogP contribution in [0.3, 0.4) is 0 Å². The second kappa shape index (κ2) is 1.94. The van der Waals surface area contributed by atoms with E-state index in [1.165, 1.54) is 0 Å². The summed E-state index contributed by atoms with van der Waals surface area (Å²) in [6, 6.07) is 3.37. The number of rotatable bonds is 0. The van der Waals surface area contributed by atoms with Crippen molar-refractivity contribution in [3.8, 4) is 0 Å². The van der Waals surface area contributed by atoms with Crippen LogP contribution in [0.5, 0.6) is 0 Å². The Kier molecular flexibility index (Phi) is 0.950. The molecular formula is C6H4N6O. The van der Waals surface area contributed by atoms with E-state index in [1.807, 2.05) is 0 Å². The number of fused-ring (bicyclic) bond motifs is 2. The molecule has 2 heterocycles. The molecule has 7 nitrogen and oxygen atoms in total. The Bertz CT molecular complexity index is 581. The minimum absolute atomic E-state index is 0.471. The van der Waals surface area contributed by atoms with Gasteiger partial charge in [-0.3, -0.25) is 5.10 Å². The van der Waals surface area contributed by atoms with E-state index in [1.54, 1.807) is 12.1 Å². The van der Waals surface area contributed by atoms with Crippen LogP contribution in [0.1, 0.15) is 0 Å². The molecule has 0 bridgehead atoms. The molecule has 0 saturated carbocycles. The zero-order valence-corrected chi connectivity index (χ0v) is 6.35. The molecule has 13 heavy (non-hydrogen) atoms. The van der Waals surface area contributed by atoms with Gasteiger partial charge in [0.2, 0.25) is 5.52 Å². The average molecular weight is 176 g/mol. The number of benzene rings is 1. The fourth-order valence-corrected chi connectivity index (χ4v) is 1.28. The van der Waals surface area contributed by atoms with Crippen LogP contribution in [0.4, 0.5) is 0 Å². The third-order valence-corrected chi connectivity index (χ3v) is 1.91. The van der Waals surface area contributed by atoms with E-state index in [4.69, 9.17) is 0 Å². The fraction of sp³-hybridized carbons (Fsp3) is 0. The fourth-order valence-electron chi connectivity index (χ4n) is 1.28. The van der Waals surface area contributed by atoms with Gasteiger partial charge in [0, 0.05) is 12.1 Å². The highest BCUT2D eigenvalue weighted by Gasteiger charge is 2.09. The molecule has 7 heteroatoms. The van der Waals surface area contributed by atoms with Crippen LogP contribution in [-0.2, 0) is 0 Å². The molecule has 0 spiro atoms. The quantitative estimate of drug-likeness (QED) is 0.355. The van der Waals surface area contributed by atoms with Gasteiger partial charge in [-0.25, -0.2) is 0 Å². The molecule has 0 aliphatic heterocycles. The van der Waals surface area contributed by atoms with Gasteiger partial charge in [-0.2, -0.15) is 0 Å². The van der Waals surface area contributed by atoms with Gasteiger partial charge in [0.05, 0.1) is 10.7 Å². The summed E-state index contributed by atoms with van der Waals surface area (Å²) in [6.45, 7) is 0. The van der Waals surface area contributed by atoms with Crippen molar-refractivity contribution in [1.82, 2.24) is 25.7 Å². The van der Waals surface area contributed by atoms with Crippen molar-refractivity contribution < 1.29 is 4.85 Å². The first-order valence-electron chi connectivity index (χ1n) is 3.63. The van der Waals surface area contributed by atoms with Crippen molar-refractivity contribution in [3.63, 3.8) is 0 Å². The van der Waals surface area contributed by atoms with Gasteiger partial charge < -0.3 is 5.21 Å². The summed E-state index contributed by atoms with van der Waals surface area (Å²) in [4.78, 5) is 0.523. The number of nitrogens with one attached hydrogen (secondary N) is 2. The van der Waals surface area contributed by atoms with E-state index in [0.29, 0.717) is 21.4 Å². The molecule has 0 radical (unpaired) electrons. The summed E-state index contributed by atoms with van der Waals surface area (Å²) in [5, 5.41) is 27.2. The molecule has 0 unspecified atom stereocenters. The van der Waals surface area contributed by atoms with Crippen LogP contribution < -0.4 is 4.85 Å². The third-order valence-electron chi connectivity index (χ3n) is 1.91. The standard InChI is InChI=1S/C6H4N6O/c13-12-6-2-4-3(7-10-8-4)1-5(6)9-11-12/h1-2,9H,(H,7,8,10). The highest BCUT2D eigenvalue weighted by molar-refractivity contribution is 5.88. The number of nitrogens with zero attached hydrogens (tertiary/aromatic N) is 4. The lowest BCUT2D eigenvalue weighted by Gasteiger charge is -1.90. The largest absolute Gasteiger partial charge is 0.691 e. The number of H-pyrrole nitrogens is 2. The maximum atomic E-state index is 11.1. The Labute approximate surface area is 70.9 Å². The minimum Gasteiger partial charge on any atom is -0.691 e. The minimum atomic E-state index is 0.471. The normalized spacial score (nSPS) is 11.4. The Morgan fingerprint density at radius 3 is 3.08 bits per heavy atom. The van der Waals surface area contributed by atoms with Gasteiger partial charge in [-0.1, -0.05) is 5.21 Å². The van der Waals surface area contributed by atoms with Gasteiger partial charge in [0.25, 0.3) is 0 Å². The second-order valence-corrected chi connectivity index (χ2v) is 2.68. The van der Waals surface area contributed by atoms with Crippen molar-refractivity contribution >= 4 is 22.1 Å². The Morgan fingerprint density at radius 2 is 2.15 bits per heavy atom. The highest BCUT2D eigenvalue weighted by atomic mass is 16.5. The second-order valence-electron chi connectivity index (χ2n) is 2.68. The Morgan fingerprint density at radius 1 is 1.23 bits per heavy atom. The molecule has 2 N–H and O–H groups in total. The zero-order valence-electron chi connectivity index (χ0n) is 6.35. The summed E-state index contributed by atoms with van der Waals surface area (Å²) >= 11 is 0. The van der Waals surface area contributed by atoms with Crippen molar-refractivity contribution in [3.05, 3.63) is 17.3 Å². The van der Waals surface area contributed by atoms with Crippen molar-refractivity contribution in [1.29, 1.82) is 0 Å². The molecule has 0 fully saturated rings. The van der Waals surface area contributed by atoms with E-state index in [-0.39, 0.29) is 0 Å². The van der Waals surface area contributed by atoms with Gasteiger partial charge >= 0.3 is 0 Å². The Hall–Kier alpha value is -2.18. The van der Waals surface area contributed by atoms with E-state index >= 15 is 0 Å². The van der Waals surface area contributed by atoms with Crippen molar-refractivity contribution in [2.45, 2.75) is 0 Å². The maximum Gasteiger partial charge on any atom is 0.204 e. The molecule has 3 aromatic rings. The monoisotopic (exact) mass is 176 g/mol. The Balaban J connectivity index is 2.59. The number of hydrogen-bond acceptors (Lipinski definition) is 4. The lowest BCUT2D eigenvalue weighted by Crippen LogP contribution is -2.27. The first-order chi connectivity index (χ1) is 6.34. The van der Waals surface area contributed by atoms with Crippen LogP contribution in [0.15, 0.2) is 12.1 Å². The average Bonchev–Trinajstić information content (AvgIpc) is 2.70. The summed E-state index contributed by atoms with van der Waals surface area (Å²) in [5.41, 5.74) is 2.55. The van der Waals surface area contributed by atoms with Crippen LogP contribution in [0.25, 0.3) is 22.1 Å². The van der Waals surface area contributed by atoms with E-state index in [2.05, 4.69) is 25.7 Å². The van der Waals surface area contributed by atoms with Crippen molar-refractivity contribution in [2.24, 2.45) is 0 Å². The molecule has 2 aromatic heterocycles. The molecular weight excluding hydrogens is 172 g/mol. The molecule has 0 atom stereocenters. The molecule has 3 rings (SSSR count). The van der Waals surface area contributed by atoms with Crippen LogP contribution in [0, 0.1) is 5.21 Å². The predicted molar refractivity (Wildman–Crippen MR) is 42.5 cm³/mol. The number of aromatic amines is 2. The number of aromatic nitrogens is 6. The van der Waals surface area contributed by atoms with E-state index in [0.717, 1.165) is 5.52 Å². The molecule has 0 saturated heterocycles. The summed E-state index contributed by atoms with van der Waals surface area (Å²) in [7, 11) is 0. The molecule has 1 aromatic carbocycles. The third kappa shape index (κ3) is 0.723. The van der Waals surface area contributed by atoms with Gasteiger partial charge in [-0.15, -0.1) is 15.0 Å². The van der Waals surface area contributed by atoms with E-state index in [9.17, 15) is 5.21 Å². The first-order valence-corrected chi connectivity index (χ1v) is 3.63. The molecule has 0 amide bonds. The SMILES string of the molecule is [O-][n+]1n[nH]c2cc3nn[nH]c3cc21. The molecule has 64 valence electrons. The number of hydrogen-bond donors (Lipinski definition) is 2. The van der Waals surface area contributed by atoms with Crippen LogP contribution in [-0.4, -0.2) is 25.7 Å². The molecule has 0 aliphatic carbocycles. The topological polar surface area (TPSA) is 97.2 Å².